The number of hydrogen-bond donors (Lipinski definition) is 0. The number of nitro groups is 1. The van der Waals surface area contributed by atoms with Crippen molar-refractivity contribution in [3.63, 3.8) is 0 Å². The fourth-order valence-electron chi connectivity index (χ4n) is 0.716. The molecule has 0 aromatic carbocycles. The summed E-state index contributed by atoms with van der Waals surface area (Å²) in [6, 6.07) is 3.69. The van der Waals surface area contributed by atoms with Crippen molar-refractivity contribution in [2.45, 2.75) is 6.54 Å². The molecule has 0 unspecified atom stereocenters. The van der Waals surface area contributed by atoms with Crippen LogP contribution in [0.5, 0.6) is 0 Å². The lowest BCUT2D eigenvalue weighted by Crippen LogP contribution is -2.08. The summed E-state index contributed by atoms with van der Waals surface area (Å²) >= 11 is 0. The number of aromatic nitrogens is 1. The van der Waals surface area contributed by atoms with Gasteiger partial charge in [-0.3, -0.25) is 10.1 Å². The van der Waals surface area contributed by atoms with Gasteiger partial charge in [0.15, 0.2) is 0 Å². The van der Waals surface area contributed by atoms with Crippen molar-refractivity contribution in [3.8, 4) is 0 Å². The van der Waals surface area contributed by atoms with E-state index in [0.29, 0.717) is 6.54 Å². The highest BCUT2D eigenvalue weighted by atomic mass is 16.6. The van der Waals surface area contributed by atoms with E-state index in [9.17, 15) is 10.1 Å². The number of rotatable bonds is 3. The molecule has 0 radical (unpaired) electrons. The molecule has 0 aliphatic rings. The van der Waals surface area contributed by atoms with Gasteiger partial charge in [0.05, 0.1) is 6.54 Å². The van der Waals surface area contributed by atoms with E-state index in [1.165, 1.54) is 0 Å². The van der Waals surface area contributed by atoms with Crippen molar-refractivity contribution < 1.29 is 4.92 Å². The van der Waals surface area contributed by atoms with E-state index in [2.05, 4.69) is 0 Å². The van der Waals surface area contributed by atoms with Crippen molar-refractivity contribution in [1.29, 1.82) is 0 Å². The Labute approximate surface area is 58.2 Å². The maximum atomic E-state index is 9.89. The van der Waals surface area contributed by atoms with Crippen molar-refractivity contribution in [3.05, 3.63) is 34.6 Å². The molecule has 0 amide bonds. The molecule has 10 heavy (non-hydrogen) atoms. The van der Waals surface area contributed by atoms with Crippen LogP contribution in [0.25, 0.3) is 0 Å². The fraction of sp³-hybridized carbons (Fsp3) is 0.333. The van der Waals surface area contributed by atoms with Crippen molar-refractivity contribution in [2.75, 3.05) is 6.54 Å². The lowest BCUT2D eigenvalue weighted by Gasteiger charge is -1.95. The molecule has 0 aliphatic heterocycles. The monoisotopic (exact) mass is 140 g/mol. The molecule has 0 atom stereocenters. The summed E-state index contributed by atoms with van der Waals surface area (Å²) < 4.78 is 1.78. The molecule has 0 spiro atoms. The van der Waals surface area contributed by atoms with Gasteiger partial charge >= 0.3 is 0 Å². The second-order valence-corrected chi connectivity index (χ2v) is 1.98. The van der Waals surface area contributed by atoms with Crippen LogP contribution in [0.4, 0.5) is 0 Å². The van der Waals surface area contributed by atoms with Crippen LogP contribution in [0.3, 0.4) is 0 Å². The highest BCUT2D eigenvalue weighted by Gasteiger charge is 1.95. The molecule has 54 valence electrons. The fourth-order valence-corrected chi connectivity index (χ4v) is 0.716. The maximum absolute atomic E-state index is 9.89. The van der Waals surface area contributed by atoms with Gasteiger partial charge in [-0.25, -0.2) is 0 Å². The van der Waals surface area contributed by atoms with Gasteiger partial charge in [0.25, 0.3) is 0 Å². The molecule has 0 saturated carbocycles. The average molecular weight is 140 g/mol. The first-order chi connectivity index (χ1) is 4.79. The van der Waals surface area contributed by atoms with E-state index in [1.54, 1.807) is 4.57 Å². The molecule has 1 aromatic rings. The Morgan fingerprint density at radius 2 is 2.00 bits per heavy atom. The SMILES string of the molecule is O=[N+]([O-])CCn1cccc1. The van der Waals surface area contributed by atoms with Crippen LogP contribution in [0.1, 0.15) is 0 Å². The highest BCUT2D eigenvalue weighted by Crippen LogP contribution is 1.88. The van der Waals surface area contributed by atoms with Gasteiger partial charge in [-0.2, -0.15) is 0 Å². The normalized spacial score (nSPS) is 9.60. The summed E-state index contributed by atoms with van der Waals surface area (Å²) in [6.45, 7) is 0.453. The van der Waals surface area contributed by atoms with Gasteiger partial charge in [0, 0.05) is 17.3 Å². The van der Waals surface area contributed by atoms with Crippen molar-refractivity contribution >= 4 is 0 Å². The number of nitrogens with zero attached hydrogens (tertiary/aromatic N) is 2. The van der Waals surface area contributed by atoms with Crippen molar-refractivity contribution in [1.82, 2.24) is 4.57 Å². The van der Waals surface area contributed by atoms with E-state index in [4.69, 9.17) is 0 Å². The Hall–Kier alpha value is -1.32. The quantitative estimate of drug-likeness (QED) is 0.459. The summed E-state index contributed by atoms with van der Waals surface area (Å²) in [5.74, 6) is 0. The van der Waals surface area contributed by atoms with Crippen LogP contribution < -0.4 is 0 Å². The van der Waals surface area contributed by atoms with Crippen LogP contribution in [0, 0.1) is 10.1 Å². The first kappa shape index (κ1) is 6.80. The lowest BCUT2D eigenvalue weighted by atomic mass is 10.6. The van der Waals surface area contributed by atoms with Gasteiger partial charge < -0.3 is 4.57 Å². The van der Waals surface area contributed by atoms with Crippen LogP contribution in [0.15, 0.2) is 24.5 Å². The summed E-state index contributed by atoms with van der Waals surface area (Å²) in [5, 5.41) is 9.89. The zero-order valence-corrected chi connectivity index (χ0v) is 5.43. The van der Waals surface area contributed by atoms with E-state index in [-0.39, 0.29) is 11.5 Å². The minimum absolute atomic E-state index is 0.00528. The molecule has 0 N–H and O–H groups in total. The van der Waals surface area contributed by atoms with Gasteiger partial charge in [-0.1, -0.05) is 0 Å². The van der Waals surface area contributed by atoms with Crippen LogP contribution in [0.2, 0.25) is 0 Å². The maximum Gasteiger partial charge on any atom is 0.221 e. The minimum Gasteiger partial charge on any atom is -0.348 e. The molecule has 4 heteroatoms. The molecule has 1 rings (SSSR count). The molecular weight excluding hydrogens is 132 g/mol. The lowest BCUT2D eigenvalue weighted by molar-refractivity contribution is -0.481. The molecule has 4 nitrogen and oxygen atoms in total. The third-order valence-electron chi connectivity index (χ3n) is 1.21. The summed E-state index contributed by atoms with van der Waals surface area (Å²) in [4.78, 5) is 9.57. The van der Waals surface area contributed by atoms with Gasteiger partial charge in [0.2, 0.25) is 6.54 Å². The zero-order chi connectivity index (χ0) is 7.40. The van der Waals surface area contributed by atoms with E-state index in [0.717, 1.165) is 0 Å². The Kier molecular flexibility index (Phi) is 2.04. The van der Waals surface area contributed by atoms with E-state index >= 15 is 0 Å². The molecule has 0 fully saturated rings. The molecule has 1 aromatic heterocycles. The Morgan fingerprint density at radius 1 is 1.40 bits per heavy atom. The molecule has 0 bridgehead atoms. The standard InChI is InChI=1S/C6H8N2O2/c9-8(10)6-5-7-3-1-2-4-7/h1-4H,5-6H2. The van der Waals surface area contributed by atoms with Gasteiger partial charge in [0.1, 0.15) is 0 Å². The summed E-state index contributed by atoms with van der Waals surface area (Å²) in [6.07, 6.45) is 3.62. The third kappa shape index (κ3) is 1.89. The van der Waals surface area contributed by atoms with E-state index < -0.39 is 0 Å². The highest BCUT2D eigenvalue weighted by molar-refractivity contribution is 4.89. The van der Waals surface area contributed by atoms with Gasteiger partial charge in [-0.15, -0.1) is 0 Å². The molecule has 0 aliphatic carbocycles. The predicted octanol–water partition coefficient (Wildman–Crippen LogP) is 0.765. The average Bonchev–Trinajstić information content (AvgIpc) is 2.34. The third-order valence-corrected chi connectivity index (χ3v) is 1.21. The topological polar surface area (TPSA) is 48.1 Å². The van der Waals surface area contributed by atoms with Gasteiger partial charge in [-0.05, 0) is 12.1 Å². The summed E-state index contributed by atoms with van der Waals surface area (Å²) in [7, 11) is 0. The van der Waals surface area contributed by atoms with Crippen LogP contribution >= 0.6 is 0 Å². The second-order valence-electron chi connectivity index (χ2n) is 1.98. The molecular formula is C6H8N2O2. The Bertz CT molecular complexity index is 206. The van der Waals surface area contributed by atoms with Crippen LogP contribution in [-0.2, 0) is 6.54 Å². The molecule has 1 heterocycles. The molecule has 0 saturated heterocycles. The first-order valence-corrected chi connectivity index (χ1v) is 3.01. The largest absolute Gasteiger partial charge is 0.348 e. The minimum atomic E-state index is -0.319. The smallest absolute Gasteiger partial charge is 0.221 e. The van der Waals surface area contributed by atoms with E-state index in [1.807, 2.05) is 24.5 Å². The Balaban J connectivity index is 2.35. The number of hydrogen-bond acceptors (Lipinski definition) is 2. The summed E-state index contributed by atoms with van der Waals surface area (Å²) in [5.41, 5.74) is 0. The zero-order valence-electron chi connectivity index (χ0n) is 5.43. The predicted molar refractivity (Wildman–Crippen MR) is 36.3 cm³/mol. The first-order valence-electron chi connectivity index (χ1n) is 3.01. The van der Waals surface area contributed by atoms with Crippen LogP contribution in [-0.4, -0.2) is 16.0 Å². The Morgan fingerprint density at radius 3 is 2.50 bits per heavy atom. The van der Waals surface area contributed by atoms with Crippen molar-refractivity contribution in [2.24, 2.45) is 0 Å². The second kappa shape index (κ2) is 3.00.